The van der Waals surface area contributed by atoms with Crippen molar-refractivity contribution < 1.29 is 10.3 Å². The van der Waals surface area contributed by atoms with Gasteiger partial charge in [0.1, 0.15) is 5.60 Å². The lowest BCUT2D eigenvalue weighted by Crippen LogP contribution is -2.48. The van der Waals surface area contributed by atoms with E-state index >= 15 is 0 Å². The standard InChI is InChI=1S/C21H25NO2/c1-3-20-11-9-17-16-8-6-15(22-24)13-14(16)5-7-18(17)19(20)10-12-21(20,23)4-2/h2,9,11,13,18-19,23-24H,3,5-8,10,12H2,1H3/b22-15+/t18-,19+,20+,21-/m1/s1. The maximum atomic E-state index is 11.1. The van der Waals surface area contributed by atoms with Crippen LogP contribution in [-0.2, 0) is 0 Å². The summed E-state index contributed by atoms with van der Waals surface area (Å²) in [6.07, 6.45) is 18.8. The first-order valence-corrected chi connectivity index (χ1v) is 9.13. The maximum absolute atomic E-state index is 11.1. The largest absolute Gasteiger partial charge is 0.411 e. The smallest absolute Gasteiger partial charge is 0.134 e. The summed E-state index contributed by atoms with van der Waals surface area (Å²) in [4.78, 5) is 0. The molecule has 3 nitrogen and oxygen atoms in total. The summed E-state index contributed by atoms with van der Waals surface area (Å²) in [7, 11) is 0. The molecule has 126 valence electrons. The first-order valence-electron chi connectivity index (χ1n) is 9.13. The van der Waals surface area contributed by atoms with Gasteiger partial charge in [-0.1, -0.05) is 30.2 Å². The van der Waals surface area contributed by atoms with Gasteiger partial charge in [-0.3, -0.25) is 0 Å². The number of allylic oxidation sites excluding steroid dienone is 5. The van der Waals surface area contributed by atoms with Crippen molar-refractivity contribution in [2.75, 3.05) is 0 Å². The fourth-order valence-corrected chi connectivity index (χ4v) is 5.84. The second-order valence-corrected chi connectivity index (χ2v) is 7.72. The van der Waals surface area contributed by atoms with Crippen molar-refractivity contribution in [3.8, 4) is 12.3 Å². The lowest BCUT2D eigenvalue weighted by molar-refractivity contribution is -0.0149. The van der Waals surface area contributed by atoms with Gasteiger partial charge in [0.05, 0.1) is 5.71 Å². The van der Waals surface area contributed by atoms with Crippen LogP contribution in [0.25, 0.3) is 0 Å². The number of oxime groups is 1. The second kappa shape index (κ2) is 5.36. The van der Waals surface area contributed by atoms with Crippen molar-refractivity contribution in [3.05, 3.63) is 34.9 Å². The minimum absolute atomic E-state index is 0.274. The number of fused-ring (bicyclic) bond motifs is 4. The molecule has 0 amide bonds. The molecular formula is C21H25NO2. The molecule has 2 N–H and O–H groups in total. The highest BCUT2D eigenvalue weighted by Crippen LogP contribution is 2.62. The van der Waals surface area contributed by atoms with Crippen LogP contribution in [0.3, 0.4) is 0 Å². The molecule has 0 saturated heterocycles. The Labute approximate surface area is 143 Å². The number of aliphatic hydroxyl groups is 1. The summed E-state index contributed by atoms with van der Waals surface area (Å²) in [5.41, 5.74) is 3.73. The Hall–Kier alpha value is -1.79. The average Bonchev–Trinajstić information content (AvgIpc) is 2.94. The van der Waals surface area contributed by atoms with Crippen molar-refractivity contribution in [2.45, 2.75) is 57.5 Å². The van der Waals surface area contributed by atoms with Gasteiger partial charge in [-0.25, -0.2) is 0 Å². The van der Waals surface area contributed by atoms with Crippen LogP contribution in [0.15, 0.2) is 40.1 Å². The summed E-state index contributed by atoms with van der Waals surface area (Å²) in [6.45, 7) is 2.15. The molecular weight excluding hydrogens is 298 g/mol. The van der Waals surface area contributed by atoms with Crippen molar-refractivity contribution >= 4 is 5.71 Å². The van der Waals surface area contributed by atoms with Crippen LogP contribution >= 0.6 is 0 Å². The number of hydrogen-bond acceptors (Lipinski definition) is 3. The third kappa shape index (κ3) is 1.87. The van der Waals surface area contributed by atoms with Crippen molar-refractivity contribution in [3.63, 3.8) is 0 Å². The zero-order valence-corrected chi connectivity index (χ0v) is 14.3. The van der Waals surface area contributed by atoms with Crippen LogP contribution in [-0.4, -0.2) is 21.6 Å². The van der Waals surface area contributed by atoms with Gasteiger partial charge in [0.2, 0.25) is 0 Å². The van der Waals surface area contributed by atoms with Crippen molar-refractivity contribution in [1.82, 2.24) is 0 Å². The van der Waals surface area contributed by atoms with E-state index in [1.807, 2.05) is 0 Å². The predicted molar refractivity (Wildman–Crippen MR) is 94.7 cm³/mol. The highest BCUT2D eigenvalue weighted by molar-refractivity contribution is 5.97. The van der Waals surface area contributed by atoms with E-state index in [0.29, 0.717) is 18.3 Å². The summed E-state index contributed by atoms with van der Waals surface area (Å²) < 4.78 is 0. The van der Waals surface area contributed by atoms with Gasteiger partial charge < -0.3 is 10.3 Å². The van der Waals surface area contributed by atoms with Gasteiger partial charge in [-0.05, 0) is 79.6 Å². The predicted octanol–water partition coefficient (Wildman–Crippen LogP) is 3.98. The maximum Gasteiger partial charge on any atom is 0.134 e. The fourth-order valence-electron chi connectivity index (χ4n) is 5.84. The van der Waals surface area contributed by atoms with Crippen LogP contribution < -0.4 is 0 Å². The van der Waals surface area contributed by atoms with Crippen LogP contribution in [0, 0.1) is 29.6 Å². The summed E-state index contributed by atoms with van der Waals surface area (Å²) >= 11 is 0. The molecule has 0 bridgehead atoms. The molecule has 4 aliphatic carbocycles. The van der Waals surface area contributed by atoms with E-state index in [1.54, 1.807) is 0 Å². The monoisotopic (exact) mass is 323 g/mol. The van der Waals surface area contributed by atoms with E-state index in [9.17, 15) is 5.11 Å². The van der Waals surface area contributed by atoms with Gasteiger partial charge in [0.25, 0.3) is 0 Å². The summed E-state index contributed by atoms with van der Waals surface area (Å²) in [5, 5.41) is 23.5. The highest BCUT2D eigenvalue weighted by atomic mass is 16.4. The molecule has 4 rings (SSSR count). The molecule has 0 unspecified atom stereocenters. The molecule has 4 atom stereocenters. The lowest BCUT2D eigenvalue weighted by Gasteiger charge is -2.48. The third-order valence-corrected chi connectivity index (χ3v) is 7.08. The van der Waals surface area contributed by atoms with Crippen LogP contribution in [0.2, 0.25) is 0 Å². The van der Waals surface area contributed by atoms with Gasteiger partial charge in [0, 0.05) is 5.41 Å². The number of rotatable bonds is 1. The van der Waals surface area contributed by atoms with Crippen molar-refractivity contribution in [1.29, 1.82) is 0 Å². The molecule has 0 spiro atoms. The van der Waals surface area contributed by atoms with E-state index in [1.165, 1.54) is 16.7 Å². The quantitative estimate of drug-likeness (QED) is 0.435. The molecule has 4 aliphatic rings. The first-order chi connectivity index (χ1) is 11.6. The normalized spacial score (nSPS) is 42.2. The topological polar surface area (TPSA) is 52.8 Å². The Morgan fingerprint density at radius 1 is 1.33 bits per heavy atom. The van der Waals surface area contributed by atoms with Crippen LogP contribution in [0.5, 0.6) is 0 Å². The van der Waals surface area contributed by atoms with E-state index < -0.39 is 5.60 Å². The molecule has 0 aromatic rings. The number of terminal acetylenes is 1. The molecule has 1 saturated carbocycles. The van der Waals surface area contributed by atoms with Gasteiger partial charge in [-0.15, -0.1) is 6.42 Å². The van der Waals surface area contributed by atoms with Crippen LogP contribution in [0.1, 0.15) is 51.9 Å². The minimum atomic E-state index is -1.00. The van der Waals surface area contributed by atoms with Crippen molar-refractivity contribution in [2.24, 2.45) is 22.4 Å². The number of nitrogens with zero attached hydrogens (tertiary/aromatic N) is 1. The molecule has 0 aromatic heterocycles. The SMILES string of the molecule is C#C[C@@]1(O)CC[C@H]2[C@@H]3CCC4=C/C(=N/O)CCC4=C3C=C[C@@]21CC. The second-order valence-electron chi connectivity index (χ2n) is 7.72. The molecule has 0 heterocycles. The lowest BCUT2D eigenvalue weighted by atomic mass is 9.56. The van der Waals surface area contributed by atoms with Gasteiger partial charge in [0.15, 0.2) is 0 Å². The third-order valence-electron chi connectivity index (χ3n) is 7.08. The molecule has 1 fully saturated rings. The minimum Gasteiger partial charge on any atom is -0.411 e. The summed E-state index contributed by atoms with van der Waals surface area (Å²) in [5.74, 6) is 3.66. The highest BCUT2D eigenvalue weighted by Gasteiger charge is 2.60. The zero-order chi connectivity index (χ0) is 16.9. The molecule has 0 aromatic carbocycles. The summed E-state index contributed by atoms with van der Waals surface area (Å²) in [6, 6.07) is 0. The average molecular weight is 323 g/mol. The Morgan fingerprint density at radius 3 is 2.88 bits per heavy atom. The van der Waals surface area contributed by atoms with E-state index in [4.69, 9.17) is 11.6 Å². The first kappa shape index (κ1) is 15.7. The Bertz CT molecular complexity index is 735. The molecule has 0 radical (unpaired) electrons. The number of hydrogen-bond donors (Lipinski definition) is 2. The molecule has 3 heteroatoms. The van der Waals surface area contributed by atoms with E-state index in [2.05, 4.69) is 36.2 Å². The van der Waals surface area contributed by atoms with E-state index in [0.717, 1.165) is 44.2 Å². The zero-order valence-electron chi connectivity index (χ0n) is 14.3. The Kier molecular flexibility index (Phi) is 3.51. The Balaban J connectivity index is 1.83. The molecule has 24 heavy (non-hydrogen) atoms. The van der Waals surface area contributed by atoms with Gasteiger partial charge >= 0.3 is 0 Å². The van der Waals surface area contributed by atoms with E-state index in [-0.39, 0.29) is 5.41 Å². The van der Waals surface area contributed by atoms with Crippen LogP contribution in [0.4, 0.5) is 0 Å². The Morgan fingerprint density at radius 2 is 2.17 bits per heavy atom. The fraction of sp³-hybridized carbons (Fsp3) is 0.571. The van der Waals surface area contributed by atoms with Gasteiger partial charge in [-0.2, -0.15) is 0 Å². The molecule has 0 aliphatic heterocycles.